The average molecular weight is 152 g/mol. The van der Waals surface area contributed by atoms with Crippen molar-refractivity contribution < 1.29 is 5.11 Å². The highest BCUT2D eigenvalue weighted by molar-refractivity contribution is 5.85. The largest absolute Gasteiger partial charge is 0.392 e. The van der Waals surface area contributed by atoms with Gasteiger partial charge in [-0.15, -0.1) is 12.4 Å². The van der Waals surface area contributed by atoms with E-state index in [1.165, 1.54) is 0 Å². The minimum Gasteiger partial charge on any atom is -0.392 e. The van der Waals surface area contributed by atoms with Crippen LogP contribution in [0.15, 0.2) is 0 Å². The van der Waals surface area contributed by atoms with E-state index in [-0.39, 0.29) is 18.5 Å². The fraction of sp³-hybridized carbons (Fsp3) is 1.00. The van der Waals surface area contributed by atoms with Crippen LogP contribution in [0, 0.1) is 0 Å². The molecule has 0 amide bonds. The summed E-state index contributed by atoms with van der Waals surface area (Å²) in [6.45, 7) is 3.09. The highest BCUT2D eigenvalue weighted by Gasteiger charge is 2.16. The molecule has 9 heavy (non-hydrogen) atoms. The predicted octanol–water partition coefficient (Wildman–Crippen LogP) is 0.541. The van der Waals surface area contributed by atoms with E-state index < -0.39 is 0 Å². The molecule has 0 aromatic rings. The number of halogens is 1. The van der Waals surface area contributed by atoms with Crippen LogP contribution in [-0.2, 0) is 0 Å². The summed E-state index contributed by atoms with van der Waals surface area (Å²) in [6, 6.07) is 0.309. The molecular weight excluding hydrogens is 138 g/mol. The summed E-state index contributed by atoms with van der Waals surface area (Å²) < 4.78 is 0. The molecule has 0 aromatic carbocycles. The van der Waals surface area contributed by atoms with E-state index in [9.17, 15) is 0 Å². The quantitative estimate of drug-likeness (QED) is 0.530. The molecule has 0 unspecified atom stereocenters. The molecule has 0 aromatic heterocycles. The Morgan fingerprint density at radius 3 is 2.56 bits per heavy atom. The third-order valence-corrected chi connectivity index (χ3v) is 1.72. The summed E-state index contributed by atoms with van der Waals surface area (Å²) in [4.78, 5) is 0. The molecule has 2 nitrogen and oxygen atoms in total. The van der Waals surface area contributed by atoms with Gasteiger partial charge in [0, 0.05) is 6.04 Å². The number of aliphatic hydroxyl groups is 1. The zero-order chi connectivity index (χ0) is 5.98. The van der Waals surface area contributed by atoms with E-state index in [2.05, 4.69) is 5.32 Å². The monoisotopic (exact) mass is 151 g/mol. The van der Waals surface area contributed by atoms with Gasteiger partial charge in [-0.05, 0) is 26.3 Å². The molecule has 1 saturated heterocycles. The first-order valence-corrected chi connectivity index (χ1v) is 3.22. The molecule has 0 aliphatic carbocycles. The topological polar surface area (TPSA) is 32.3 Å². The molecular formula is C6H14ClNO. The lowest BCUT2D eigenvalue weighted by Gasteiger charge is -2.25. The van der Waals surface area contributed by atoms with Crippen LogP contribution in [0.5, 0.6) is 0 Å². The van der Waals surface area contributed by atoms with Crippen molar-refractivity contribution in [3.63, 3.8) is 0 Å². The molecule has 56 valence electrons. The van der Waals surface area contributed by atoms with Crippen molar-refractivity contribution in [3.8, 4) is 0 Å². The lowest BCUT2D eigenvalue weighted by molar-refractivity contribution is 0.104. The maximum absolute atomic E-state index is 9.12. The standard InChI is InChI=1S/C6H13NO.ClH/c1-5-6(8)3-2-4-7-5;/h5-8H,2-4H2,1H3;1H/t5-,6-;/m1./s1. The number of nitrogens with one attached hydrogen (secondary N) is 1. The lowest BCUT2D eigenvalue weighted by Crippen LogP contribution is -2.42. The normalized spacial score (nSPS) is 35.3. The van der Waals surface area contributed by atoms with E-state index in [4.69, 9.17) is 5.11 Å². The van der Waals surface area contributed by atoms with Crippen molar-refractivity contribution >= 4 is 12.4 Å². The van der Waals surface area contributed by atoms with Gasteiger partial charge < -0.3 is 10.4 Å². The van der Waals surface area contributed by atoms with Gasteiger partial charge in [0.1, 0.15) is 0 Å². The number of piperidine rings is 1. The van der Waals surface area contributed by atoms with Crippen LogP contribution in [0.2, 0.25) is 0 Å². The molecule has 1 heterocycles. The van der Waals surface area contributed by atoms with E-state index in [0.29, 0.717) is 6.04 Å². The van der Waals surface area contributed by atoms with E-state index in [1.54, 1.807) is 0 Å². The summed E-state index contributed by atoms with van der Waals surface area (Å²) in [5, 5.41) is 12.3. The van der Waals surface area contributed by atoms with E-state index in [0.717, 1.165) is 19.4 Å². The summed E-state index contributed by atoms with van der Waals surface area (Å²) >= 11 is 0. The van der Waals surface area contributed by atoms with Crippen LogP contribution in [0.25, 0.3) is 0 Å². The lowest BCUT2D eigenvalue weighted by atomic mass is 10.0. The van der Waals surface area contributed by atoms with Gasteiger partial charge in [0.15, 0.2) is 0 Å². The van der Waals surface area contributed by atoms with Gasteiger partial charge in [0.2, 0.25) is 0 Å². The number of aliphatic hydroxyl groups excluding tert-OH is 1. The molecule has 1 aliphatic heterocycles. The van der Waals surface area contributed by atoms with Crippen molar-refractivity contribution in [2.45, 2.75) is 31.9 Å². The molecule has 2 N–H and O–H groups in total. The van der Waals surface area contributed by atoms with Crippen LogP contribution in [0.1, 0.15) is 19.8 Å². The molecule has 3 heteroatoms. The maximum Gasteiger partial charge on any atom is 0.0690 e. The average Bonchev–Trinajstić information content (AvgIpc) is 1.77. The Morgan fingerprint density at radius 2 is 2.22 bits per heavy atom. The maximum atomic E-state index is 9.12. The molecule has 1 rings (SSSR count). The molecule has 1 fully saturated rings. The molecule has 2 atom stereocenters. The molecule has 0 bridgehead atoms. The van der Waals surface area contributed by atoms with Crippen LogP contribution in [-0.4, -0.2) is 23.8 Å². The van der Waals surface area contributed by atoms with Gasteiger partial charge in [-0.25, -0.2) is 0 Å². The molecule has 0 radical (unpaired) electrons. The zero-order valence-corrected chi connectivity index (χ0v) is 6.45. The first-order chi connectivity index (χ1) is 3.80. The molecule has 0 saturated carbocycles. The minimum absolute atomic E-state index is 0. The fourth-order valence-electron chi connectivity index (χ4n) is 1.03. The zero-order valence-electron chi connectivity index (χ0n) is 5.63. The number of hydrogen-bond donors (Lipinski definition) is 2. The Morgan fingerprint density at radius 1 is 1.56 bits per heavy atom. The number of rotatable bonds is 0. The Hall–Kier alpha value is 0.210. The van der Waals surface area contributed by atoms with Crippen LogP contribution in [0.4, 0.5) is 0 Å². The first-order valence-electron chi connectivity index (χ1n) is 3.22. The van der Waals surface area contributed by atoms with Gasteiger partial charge >= 0.3 is 0 Å². The second-order valence-electron chi connectivity index (χ2n) is 2.45. The third-order valence-electron chi connectivity index (χ3n) is 1.72. The summed E-state index contributed by atoms with van der Waals surface area (Å²) in [6.07, 6.45) is 1.98. The summed E-state index contributed by atoms with van der Waals surface area (Å²) in [7, 11) is 0. The van der Waals surface area contributed by atoms with Gasteiger partial charge in [-0.2, -0.15) is 0 Å². The molecule has 0 spiro atoms. The van der Waals surface area contributed by atoms with Gasteiger partial charge in [-0.1, -0.05) is 0 Å². The summed E-state index contributed by atoms with van der Waals surface area (Å²) in [5.74, 6) is 0. The minimum atomic E-state index is -0.108. The van der Waals surface area contributed by atoms with Crippen LogP contribution < -0.4 is 5.32 Å². The second-order valence-corrected chi connectivity index (χ2v) is 2.45. The summed E-state index contributed by atoms with van der Waals surface area (Å²) in [5.41, 5.74) is 0. The van der Waals surface area contributed by atoms with Crippen molar-refractivity contribution in [1.82, 2.24) is 5.32 Å². The van der Waals surface area contributed by atoms with Crippen molar-refractivity contribution in [2.75, 3.05) is 6.54 Å². The Kier molecular flexibility index (Phi) is 4.19. The van der Waals surface area contributed by atoms with E-state index >= 15 is 0 Å². The van der Waals surface area contributed by atoms with Gasteiger partial charge in [-0.3, -0.25) is 0 Å². The predicted molar refractivity (Wildman–Crippen MR) is 40.0 cm³/mol. The number of hydrogen-bond acceptors (Lipinski definition) is 2. The Labute approximate surface area is 62.1 Å². The van der Waals surface area contributed by atoms with Crippen molar-refractivity contribution in [3.05, 3.63) is 0 Å². The smallest absolute Gasteiger partial charge is 0.0690 e. The fourth-order valence-corrected chi connectivity index (χ4v) is 1.03. The second kappa shape index (κ2) is 4.09. The SMILES string of the molecule is C[C@H]1NCCC[C@H]1O.Cl. The Bertz CT molecular complexity index is 69.5. The van der Waals surface area contributed by atoms with E-state index in [1.807, 2.05) is 6.92 Å². The van der Waals surface area contributed by atoms with Crippen molar-refractivity contribution in [1.29, 1.82) is 0 Å². The Balaban J connectivity index is 0.000000640. The van der Waals surface area contributed by atoms with Gasteiger partial charge in [0.25, 0.3) is 0 Å². The van der Waals surface area contributed by atoms with Crippen LogP contribution >= 0.6 is 12.4 Å². The van der Waals surface area contributed by atoms with Crippen molar-refractivity contribution in [2.24, 2.45) is 0 Å². The third kappa shape index (κ3) is 2.52. The van der Waals surface area contributed by atoms with Gasteiger partial charge in [0.05, 0.1) is 6.10 Å². The molecule has 1 aliphatic rings. The highest BCUT2D eigenvalue weighted by atomic mass is 35.5. The first kappa shape index (κ1) is 9.21. The van der Waals surface area contributed by atoms with Crippen LogP contribution in [0.3, 0.4) is 0 Å². The highest BCUT2D eigenvalue weighted by Crippen LogP contribution is 2.06.